The minimum Gasteiger partial charge on any atom is -0.343 e. The van der Waals surface area contributed by atoms with Crippen molar-refractivity contribution in [1.82, 2.24) is 0 Å². The van der Waals surface area contributed by atoms with Crippen LogP contribution in [0.2, 0.25) is 0 Å². The topological polar surface area (TPSA) is 60.7 Å². The van der Waals surface area contributed by atoms with Gasteiger partial charge in [0.05, 0.1) is 0 Å². The lowest BCUT2D eigenvalue weighted by atomic mass is 9.92. The van der Waals surface area contributed by atoms with Gasteiger partial charge in [-0.3, -0.25) is 0 Å². The number of aryl methyl sites for hydroxylation is 1. The van der Waals surface area contributed by atoms with Crippen molar-refractivity contribution in [3.05, 3.63) is 34.9 Å². The highest BCUT2D eigenvalue weighted by Gasteiger charge is 2.30. The molecule has 0 aliphatic carbocycles. The van der Waals surface area contributed by atoms with Gasteiger partial charge >= 0.3 is 0 Å². The van der Waals surface area contributed by atoms with Crippen LogP contribution in [0.1, 0.15) is 83.1 Å². The third-order valence-electron chi connectivity index (χ3n) is 5.13. The van der Waals surface area contributed by atoms with Crippen molar-refractivity contribution in [1.29, 1.82) is 0 Å². The van der Waals surface area contributed by atoms with Crippen molar-refractivity contribution < 1.29 is 32.9 Å². The van der Waals surface area contributed by atoms with Crippen molar-refractivity contribution in [2.75, 3.05) is 0 Å². The molecule has 0 saturated carbocycles. The number of hydrogen-bond donors (Lipinski definition) is 3. The van der Waals surface area contributed by atoms with E-state index in [1.165, 1.54) is 6.42 Å². The van der Waals surface area contributed by atoms with Gasteiger partial charge in [0.1, 0.15) is 0 Å². The van der Waals surface area contributed by atoms with Crippen molar-refractivity contribution in [2.45, 2.75) is 89.9 Å². The minimum atomic E-state index is -2.74. The van der Waals surface area contributed by atoms with Crippen LogP contribution in [0, 0.1) is 29.2 Å². The van der Waals surface area contributed by atoms with Gasteiger partial charge in [-0.05, 0) is 37.3 Å². The summed E-state index contributed by atoms with van der Waals surface area (Å²) in [5, 5.41) is 28.6. The minimum absolute atomic E-state index is 0.0462. The predicted molar refractivity (Wildman–Crippen MR) is 99.3 cm³/mol. The summed E-state index contributed by atoms with van der Waals surface area (Å²) in [7, 11) is 0. The van der Waals surface area contributed by atoms with Gasteiger partial charge in [0.25, 0.3) is 5.97 Å². The Kier molecular flexibility index (Phi) is 11.0. The molecule has 1 atom stereocenters. The van der Waals surface area contributed by atoms with Crippen LogP contribution >= 0.6 is 0 Å². The second kappa shape index (κ2) is 12.4. The van der Waals surface area contributed by atoms with E-state index in [-0.39, 0.29) is 12.0 Å². The van der Waals surface area contributed by atoms with Crippen LogP contribution in [0.4, 0.5) is 17.6 Å². The average Bonchev–Trinajstić information content (AvgIpc) is 2.63. The molecule has 0 aliphatic heterocycles. The largest absolute Gasteiger partial charge is 0.343 e. The molecule has 1 unspecified atom stereocenters. The number of hydrogen-bond acceptors (Lipinski definition) is 3. The third kappa shape index (κ3) is 8.45. The van der Waals surface area contributed by atoms with E-state index in [1.54, 1.807) is 0 Å². The number of unbranched alkanes of at least 4 members (excludes halogenated alkanes) is 7. The highest BCUT2D eigenvalue weighted by atomic mass is 19.2. The summed E-state index contributed by atoms with van der Waals surface area (Å²) in [6.07, 6.45) is 8.69. The Bertz CT molecular complexity index is 588. The second-order valence-electron chi connectivity index (χ2n) is 7.50. The SMILES string of the molecule is CCCCCCCCC(CCCCCc1cc(F)c(F)c(F)c1F)C(O)(O)O. The standard InChI is InChI=1S/C21H32F4O3/c1-2-3-4-5-6-9-12-16(21(26,27)28)13-10-7-8-11-15-14-17(22)19(24)20(25)18(15)23/h14,16,26-28H,2-13H2,1H3. The van der Waals surface area contributed by atoms with Gasteiger partial charge in [-0.15, -0.1) is 0 Å². The van der Waals surface area contributed by atoms with Crippen LogP contribution < -0.4 is 0 Å². The lowest BCUT2D eigenvalue weighted by Crippen LogP contribution is -2.37. The predicted octanol–water partition coefficient (Wildman–Crippen LogP) is 5.34. The van der Waals surface area contributed by atoms with E-state index < -0.39 is 35.2 Å². The summed E-state index contributed by atoms with van der Waals surface area (Å²) >= 11 is 0. The lowest BCUT2D eigenvalue weighted by molar-refractivity contribution is -0.344. The number of aliphatic hydroxyl groups is 3. The zero-order valence-corrected chi connectivity index (χ0v) is 16.5. The van der Waals surface area contributed by atoms with E-state index in [9.17, 15) is 32.9 Å². The monoisotopic (exact) mass is 408 g/mol. The van der Waals surface area contributed by atoms with Crippen molar-refractivity contribution in [3.63, 3.8) is 0 Å². The molecule has 0 radical (unpaired) electrons. The maximum Gasteiger partial charge on any atom is 0.278 e. The maximum absolute atomic E-state index is 13.6. The molecule has 0 heterocycles. The van der Waals surface area contributed by atoms with Crippen LogP contribution in [0.5, 0.6) is 0 Å². The lowest BCUT2D eigenvalue weighted by Gasteiger charge is -2.26. The molecule has 0 aromatic heterocycles. The molecular weight excluding hydrogens is 376 g/mol. The molecule has 0 fully saturated rings. The average molecular weight is 408 g/mol. The Hall–Kier alpha value is -1.18. The first-order valence-electron chi connectivity index (χ1n) is 10.2. The Morgan fingerprint density at radius 1 is 0.750 bits per heavy atom. The Morgan fingerprint density at radius 3 is 1.86 bits per heavy atom. The molecule has 0 bridgehead atoms. The summed E-state index contributed by atoms with van der Waals surface area (Å²) in [4.78, 5) is 0. The van der Waals surface area contributed by atoms with Crippen LogP contribution in [-0.2, 0) is 6.42 Å². The Morgan fingerprint density at radius 2 is 1.29 bits per heavy atom. The van der Waals surface area contributed by atoms with Crippen LogP contribution in [0.3, 0.4) is 0 Å². The summed E-state index contributed by atoms with van der Waals surface area (Å²) in [5.41, 5.74) is -0.221. The Balaban J connectivity index is 2.36. The van der Waals surface area contributed by atoms with E-state index in [4.69, 9.17) is 0 Å². The molecule has 1 aromatic rings. The molecule has 1 aromatic carbocycles. The normalized spacial score (nSPS) is 13.1. The first-order valence-corrected chi connectivity index (χ1v) is 10.2. The van der Waals surface area contributed by atoms with Crippen LogP contribution in [0.15, 0.2) is 6.07 Å². The smallest absolute Gasteiger partial charge is 0.278 e. The van der Waals surface area contributed by atoms with Gasteiger partial charge in [0, 0.05) is 5.92 Å². The highest BCUT2D eigenvalue weighted by molar-refractivity contribution is 5.21. The fourth-order valence-corrected chi connectivity index (χ4v) is 3.39. The Labute approximate surface area is 164 Å². The summed E-state index contributed by atoms with van der Waals surface area (Å²) < 4.78 is 52.9. The zero-order valence-electron chi connectivity index (χ0n) is 16.5. The van der Waals surface area contributed by atoms with Crippen molar-refractivity contribution >= 4 is 0 Å². The van der Waals surface area contributed by atoms with Gasteiger partial charge in [0.15, 0.2) is 23.3 Å². The third-order valence-corrected chi connectivity index (χ3v) is 5.13. The van der Waals surface area contributed by atoms with E-state index in [1.807, 2.05) is 0 Å². The van der Waals surface area contributed by atoms with E-state index in [0.717, 1.165) is 32.1 Å². The van der Waals surface area contributed by atoms with Crippen molar-refractivity contribution in [3.8, 4) is 0 Å². The maximum atomic E-state index is 13.6. The summed E-state index contributed by atoms with van der Waals surface area (Å²) in [6, 6.07) is 0.662. The number of rotatable bonds is 14. The number of benzene rings is 1. The summed E-state index contributed by atoms with van der Waals surface area (Å²) in [6.45, 7) is 2.13. The van der Waals surface area contributed by atoms with E-state index in [2.05, 4.69) is 6.92 Å². The van der Waals surface area contributed by atoms with Crippen LogP contribution in [0.25, 0.3) is 0 Å². The molecule has 0 amide bonds. The van der Waals surface area contributed by atoms with Crippen molar-refractivity contribution in [2.24, 2.45) is 5.92 Å². The molecule has 3 nitrogen and oxygen atoms in total. The van der Waals surface area contributed by atoms with Gasteiger partial charge in [-0.25, -0.2) is 17.6 Å². The molecule has 0 saturated heterocycles. The fraction of sp³-hybridized carbons (Fsp3) is 0.714. The second-order valence-corrected chi connectivity index (χ2v) is 7.50. The first kappa shape index (κ1) is 24.9. The molecule has 0 aliphatic rings. The molecule has 28 heavy (non-hydrogen) atoms. The molecule has 1 rings (SSSR count). The molecular formula is C21H32F4O3. The van der Waals surface area contributed by atoms with E-state index >= 15 is 0 Å². The number of halogens is 4. The first-order chi connectivity index (χ1) is 13.2. The van der Waals surface area contributed by atoms with Gasteiger partial charge in [-0.1, -0.05) is 58.3 Å². The zero-order chi connectivity index (χ0) is 21.2. The van der Waals surface area contributed by atoms with E-state index in [0.29, 0.717) is 38.2 Å². The molecule has 7 heteroatoms. The summed E-state index contributed by atoms with van der Waals surface area (Å²) in [5.74, 6) is -9.84. The quantitative estimate of drug-likeness (QED) is 0.128. The molecule has 0 spiro atoms. The molecule has 3 N–H and O–H groups in total. The van der Waals surface area contributed by atoms with Gasteiger partial charge in [-0.2, -0.15) is 0 Å². The van der Waals surface area contributed by atoms with Crippen LogP contribution in [-0.4, -0.2) is 21.3 Å². The van der Waals surface area contributed by atoms with Gasteiger partial charge in [0.2, 0.25) is 0 Å². The highest BCUT2D eigenvalue weighted by Crippen LogP contribution is 2.26. The fourth-order valence-electron chi connectivity index (χ4n) is 3.39. The molecule has 162 valence electrons. The van der Waals surface area contributed by atoms with Gasteiger partial charge < -0.3 is 15.3 Å².